The van der Waals surface area contributed by atoms with Gasteiger partial charge in [0.15, 0.2) is 5.82 Å². The predicted octanol–water partition coefficient (Wildman–Crippen LogP) is 1.52. The van der Waals surface area contributed by atoms with Crippen LogP contribution in [0.4, 0.5) is 11.5 Å². The van der Waals surface area contributed by atoms with Crippen LogP contribution in [0.15, 0.2) is 30.3 Å². The highest BCUT2D eigenvalue weighted by Crippen LogP contribution is 2.24. The molecular weight excluding hydrogens is 294 g/mol. The minimum absolute atomic E-state index is 0.000623. The SMILES string of the molecule is COc1cc(NC2CCN(c3ccc(C#N)cc3)C2=O)nn1C. The van der Waals surface area contributed by atoms with E-state index in [1.807, 2.05) is 0 Å². The standard InChI is InChI=1S/C16H17N5O2/c1-20-15(23-2)9-14(19-20)18-13-7-8-21(16(13)22)12-5-3-11(10-17)4-6-12/h3-6,9,13H,7-8H2,1-2H3,(H,18,19). The van der Waals surface area contributed by atoms with Gasteiger partial charge in [-0.25, -0.2) is 4.68 Å². The van der Waals surface area contributed by atoms with Crippen LogP contribution >= 0.6 is 0 Å². The molecule has 1 fully saturated rings. The van der Waals surface area contributed by atoms with Crippen LogP contribution in [0.25, 0.3) is 0 Å². The highest BCUT2D eigenvalue weighted by atomic mass is 16.5. The molecule has 1 aromatic carbocycles. The summed E-state index contributed by atoms with van der Waals surface area (Å²) >= 11 is 0. The van der Waals surface area contributed by atoms with E-state index >= 15 is 0 Å². The van der Waals surface area contributed by atoms with Gasteiger partial charge in [-0.05, 0) is 30.7 Å². The number of nitrogens with zero attached hydrogens (tertiary/aromatic N) is 4. The molecule has 1 N–H and O–H groups in total. The van der Waals surface area contributed by atoms with E-state index in [9.17, 15) is 4.79 Å². The largest absolute Gasteiger partial charge is 0.481 e. The number of carbonyl (C=O) groups is 1. The molecule has 0 spiro atoms. The van der Waals surface area contributed by atoms with Gasteiger partial charge >= 0.3 is 0 Å². The Morgan fingerprint density at radius 1 is 1.39 bits per heavy atom. The number of methoxy groups -OCH3 is 1. The molecule has 2 aromatic rings. The lowest BCUT2D eigenvalue weighted by atomic mass is 10.2. The van der Waals surface area contributed by atoms with Crippen LogP contribution < -0.4 is 15.0 Å². The molecule has 0 saturated carbocycles. The fourth-order valence-corrected chi connectivity index (χ4v) is 2.68. The van der Waals surface area contributed by atoms with Gasteiger partial charge in [-0.3, -0.25) is 4.79 Å². The van der Waals surface area contributed by atoms with Gasteiger partial charge in [-0.2, -0.15) is 10.4 Å². The number of aryl methyl sites for hydroxylation is 1. The summed E-state index contributed by atoms with van der Waals surface area (Å²) in [6.45, 7) is 0.631. The number of nitrogens with one attached hydrogen (secondary N) is 1. The highest BCUT2D eigenvalue weighted by molar-refractivity contribution is 6.00. The summed E-state index contributed by atoms with van der Waals surface area (Å²) in [4.78, 5) is 14.3. The number of benzene rings is 1. The second-order valence-corrected chi connectivity index (χ2v) is 5.33. The molecule has 0 bridgehead atoms. The molecule has 23 heavy (non-hydrogen) atoms. The minimum Gasteiger partial charge on any atom is -0.481 e. The van der Waals surface area contributed by atoms with Crippen molar-refractivity contribution in [3.8, 4) is 11.9 Å². The molecule has 7 heteroatoms. The number of aromatic nitrogens is 2. The molecule has 3 rings (SSSR count). The summed E-state index contributed by atoms with van der Waals surface area (Å²) in [6, 6.07) is 10.5. The lowest BCUT2D eigenvalue weighted by molar-refractivity contribution is -0.117. The van der Waals surface area contributed by atoms with E-state index in [0.29, 0.717) is 30.2 Å². The van der Waals surface area contributed by atoms with Crippen LogP contribution in [0.1, 0.15) is 12.0 Å². The topological polar surface area (TPSA) is 83.2 Å². The van der Waals surface area contributed by atoms with Crippen molar-refractivity contribution in [3.05, 3.63) is 35.9 Å². The van der Waals surface area contributed by atoms with E-state index in [1.54, 1.807) is 54.1 Å². The monoisotopic (exact) mass is 311 g/mol. The Morgan fingerprint density at radius 3 is 2.74 bits per heavy atom. The summed E-state index contributed by atoms with van der Waals surface area (Å²) in [7, 11) is 3.36. The zero-order valence-corrected chi connectivity index (χ0v) is 13.0. The molecule has 0 aliphatic carbocycles. The quantitative estimate of drug-likeness (QED) is 0.925. The minimum atomic E-state index is -0.315. The first kappa shape index (κ1) is 14.9. The Kier molecular flexibility index (Phi) is 3.89. The molecule has 118 valence electrons. The Balaban J connectivity index is 1.71. The van der Waals surface area contributed by atoms with Crippen molar-refractivity contribution in [2.24, 2.45) is 7.05 Å². The molecular formula is C16H17N5O2. The third kappa shape index (κ3) is 2.83. The summed E-state index contributed by atoms with van der Waals surface area (Å²) in [5, 5.41) is 16.3. The number of ether oxygens (including phenoxy) is 1. The van der Waals surface area contributed by atoms with Crippen LogP contribution in [-0.2, 0) is 11.8 Å². The molecule has 0 radical (unpaired) electrons. The van der Waals surface area contributed by atoms with Gasteiger partial charge in [0.1, 0.15) is 6.04 Å². The average molecular weight is 311 g/mol. The van der Waals surface area contributed by atoms with Gasteiger partial charge in [-0.1, -0.05) is 0 Å². The number of hydrogen-bond donors (Lipinski definition) is 1. The van der Waals surface area contributed by atoms with E-state index in [1.165, 1.54) is 0 Å². The second kappa shape index (κ2) is 6.01. The van der Waals surface area contributed by atoms with Gasteiger partial charge in [0.2, 0.25) is 11.8 Å². The number of anilines is 2. The van der Waals surface area contributed by atoms with Gasteiger partial charge in [0, 0.05) is 25.3 Å². The summed E-state index contributed by atoms with van der Waals surface area (Å²) < 4.78 is 6.78. The van der Waals surface area contributed by atoms with Crippen molar-refractivity contribution >= 4 is 17.4 Å². The zero-order valence-electron chi connectivity index (χ0n) is 13.0. The van der Waals surface area contributed by atoms with Crippen molar-refractivity contribution in [2.75, 3.05) is 23.9 Å². The number of rotatable bonds is 4. The summed E-state index contributed by atoms with van der Waals surface area (Å²) in [5.74, 6) is 1.24. The van der Waals surface area contributed by atoms with Crippen molar-refractivity contribution in [1.29, 1.82) is 5.26 Å². The molecule has 7 nitrogen and oxygen atoms in total. The van der Waals surface area contributed by atoms with Gasteiger partial charge in [0.25, 0.3) is 0 Å². The maximum absolute atomic E-state index is 12.6. The number of hydrogen-bond acceptors (Lipinski definition) is 5. The Morgan fingerprint density at radius 2 is 2.13 bits per heavy atom. The van der Waals surface area contributed by atoms with Gasteiger partial charge in [-0.15, -0.1) is 0 Å². The molecule has 1 unspecified atom stereocenters. The second-order valence-electron chi connectivity index (χ2n) is 5.33. The number of nitriles is 1. The lowest BCUT2D eigenvalue weighted by Gasteiger charge is -2.17. The first-order valence-electron chi connectivity index (χ1n) is 7.28. The Labute approximate surface area is 134 Å². The molecule has 1 saturated heterocycles. The Hall–Kier alpha value is -3.01. The number of carbonyl (C=O) groups excluding carboxylic acids is 1. The van der Waals surface area contributed by atoms with E-state index in [2.05, 4.69) is 16.5 Å². The fraction of sp³-hybridized carbons (Fsp3) is 0.312. The fourth-order valence-electron chi connectivity index (χ4n) is 2.68. The molecule has 1 amide bonds. The average Bonchev–Trinajstić information content (AvgIpc) is 3.11. The van der Waals surface area contributed by atoms with Crippen molar-refractivity contribution in [2.45, 2.75) is 12.5 Å². The third-order valence-electron chi connectivity index (χ3n) is 3.88. The van der Waals surface area contributed by atoms with E-state index in [-0.39, 0.29) is 11.9 Å². The van der Waals surface area contributed by atoms with E-state index in [0.717, 1.165) is 5.69 Å². The highest BCUT2D eigenvalue weighted by Gasteiger charge is 2.33. The first-order chi connectivity index (χ1) is 11.1. The number of amides is 1. The van der Waals surface area contributed by atoms with Crippen molar-refractivity contribution in [3.63, 3.8) is 0 Å². The Bertz CT molecular complexity index is 760. The molecule has 1 aromatic heterocycles. The smallest absolute Gasteiger partial charge is 0.249 e. The zero-order chi connectivity index (χ0) is 16.4. The molecule has 1 aliphatic rings. The van der Waals surface area contributed by atoms with Gasteiger partial charge < -0.3 is 15.0 Å². The molecule has 2 heterocycles. The van der Waals surface area contributed by atoms with Crippen LogP contribution in [0.3, 0.4) is 0 Å². The first-order valence-corrected chi connectivity index (χ1v) is 7.28. The van der Waals surface area contributed by atoms with Crippen LogP contribution in [-0.4, -0.2) is 35.4 Å². The van der Waals surface area contributed by atoms with E-state index < -0.39 is 0 Å². The third-order valence-corrected chi connectivity index (χ3v) is 3.88. The van der Waals surface area contributed by atoms with Crippen LogP contribution in [0, 0.1) is 11.3 Å². The lowest BCUT2D eigenvalue weighted by Crippen LogP contribution is -2.33. The summed E-state index contributed by atoms with van der Waals surface area (Å²) in [6.07, 6.45) is 0.692. The van der Waals surface area contributed by atoms with Crippen LogP contribution in [0.5, 0.6) is 5.88 Å². The van der Waals surface area contributed by atoms with Gasteiger partial charge in [0.05, 0.1) is 18.7 Å². The molecule has 1 atom stereocenters. The van der Waals surface area contributed by atoms with Crippen molar-refractivity contribution in [1.82, 2.24) is 9.78 Å². The maximum Gasteiger partial charge on any atom is 0.249 e. The maximum atomic E-state index is 12.6. The van der Waals surface area contributed by atoms with Crippen molar-refractivity contribution < 1.29 is 9.53 Å². The predicted molar refractivity (Wildman–Crippen MR) is 85.3 cm³/mol. The normalized spacial score (nSPS) is 17.2. The van der Waals surface area contributed by atoms with Crippen LogP contribution in [0.2, 0.25) is 0 Å². The van der Waals surface area contributed by atoms with E-state index in [4.69, 9.17) is 10.00 Å². The molecule has 1 aliphatic heterocycles. The summed E-state index contributed by atoms with van der Waals surface area (Å²) in [5.41, 5.74) is 1.38.